The zero-order valence-electron chi connectivity index (χ0n) is 16.7. The standard InChI is InChI=1S/C18H18F2N8O2S.ClH/c1-31(29,30)26-15-5-3-2-4-12(15)9-28-17-13(7-23-28)6-21-18(25-17)24-14-8-22-27(10-14)11-16(19)20;/h2-8,10,16,26H,9,11H2,1H3,(H,21,24,25);1H. The van der Waals surface area contributed by atoms with Crippen molar-refractivity contribution in [3.63, 3.8) is 0 Å². The lowest BCUT2D eigenvalue weighted by atomic mass is 10.2. The van der Waals surface area contributed by atoms with Crippen LogP contribution in [0.15, 0.2) is 49.1 Å². The smallest absolute Gasteiger partial charge is 0.257 e. The molecule has 0 atom stereocenters. The van der Waals surface area contributed by atoms with Crippen molar-refractivity contribution in [3.8, 4) is 0 Å². The highest BCUT2D eigenvalue weighted by Gasteiger charge is 2.12. The lowest BCUT2D eigenvalue weighted by Crippen LogP contribution is -2.13. The molecule has 0 unspecified atom stereocenters. The number of hydrogen-bond donors (Lipinski definition) is 2. The molecule has 1 aromatic carbocycles. The van der Waals surface area contributed by atoms with E-state index in [0.29, 0.717) is 28.0 Å². The number of nitrogens with one attached hydrogen (secondary N) is 2. The van der Waals surface area contributed by atoms with E-state index in [9.17, 15) is 17.2 Å². The summed E-state index contributed by atoms with van der Waals surface area (Å²) < 4.78 is 53.5. The van der Waals surface area contributed by atoms with Crippen molar-refractivity contribution < 1.29 is 17.2 Å². The van der Waals surface area contributed by atoms with Crippen LogP contribution >= 0.6 is 12.4 Å². The molecule has 0 spiro atoms. The molecule has 170 valence electrons. The Hall–Kier alpha value is -3.32. The summed E-state index contributed by atoms with van der Waals surface area (Å²) in [6.07, 6.45) is 4.60. The van der Waals surface area contributed by atoms with Crippen LogP contribution < -0.4 is 10.0 Å². The van der Waals surface area contributed by atoms with E-state index < -0.39 is 23.0 Å². The lowest BCUT2D eigenvalue weighted by Gasteiger charge is -2.11. The summed E-state index contributed by atoms with van der Waals surface area (Å²) in [5.41, 5.74) is 2.15. The summed E-state index contributed by atoms with van der Waals surface area (Å²) in [5.74, 6) is 0.244. The number of hydrogen-bond acceptors (Lipinski definition) is 7. The maximum absolute atomic E-state index is 12.5. The summed E-state index contributed by atoms with van der Waals surface area (Å²) in [7, 11) is -3.44. The van der Waals surface area contributed by atoms with Crippen LogP contribution in [0.3, 0.4) is 0 Å². The number of alkyl halides is 2. The minimum atomic E-state index is -3.44. The van der Waals surface area contributed by atoms with Gasteiger partial charge in [-0.2, -0.15) is 15.2 Å². The predicted octanol–water partition coefficient (Wildman–Crippen LogP) is 2.87. The van der Waals surface area contributed by atoms with Crippen LogP contribution in [0.1, 0.15) is 5.56 Å². The van der Waals surface area contributed by atoms with Crippen LogP contribution in [0.5, 0.6) is 0 Å². The fraction of sp³-hybridized carbons (Fsp3) is 0.222. The second-order valence-corrected chi connectivity index (χ2v) is 8.52. The van der Waals surface area contributed by atoms with Crippen LogP contribution in [-0.4, -0.2) is 50.6 Å². The Labute approximate surface area is 188 Å². The molecule has 14 heteroatoms. The molecule has 0 bridgehead atoms. The van der Waals surface area contributed by atoms with Crippen LogP contribution in [0.2, 0.25) is 0 Å². The van der Waals surface area contributed by atoms with Gasteiger partial charge in [-0.25, -0.2) is 26.9 Å². The number of anilines is 3. The Bertz CT molecular complexity index is 1330. The normalized spacial score (nSPS) is 11.5. The summed E-state index contributed by atoms with van der Waals surface area (Å²) in [5, 5.41) is 11.8. The number of sulfonamides is 1. The van der Waals surface area contributed by atoms with Crippen LogP contribution in [-0.2, 0) is 23.1 Å². The highest BCUT2D eigenvalue weighted by molar-refractivity contribution is 7.92. The van der Waals surface area contributed by atoms with Gasteiger partial charge >= 0.3 is 0 Å². The summed E-state index contributed by atoms with van der Waals surface area (Å²) >= 11 is 0. The largest absolute Gasteiger partial charge is 0.321 e. The highest BCUT2D eigenvalue weighted by atomic mass is 35.5. The molecule has 3 aromatic heterocycles. The fourth-order valence-electron chi connectivity index (χ4n) is 2.96. The van der Waals surface area contributed by atoms with Crippen molar-refractivity contribution in [3.05, 3.63) is 54.6 Å². The van der Waals surface area contributed by atoms with Crippen molar-refractivity contribution in [1.82, 2.24) is 29.5 Å². The van der Waals surface area contributed by atoms with E-state index in [2.05, 4.69) is 30.2 Å². The SMILES string of the molecule is CS(=O)(=O)Nc1ccccc1Cn1ncc2cnc(Nc3cnn(CC(F)F)c3)nc21.Cl. The molecule has 0 saturated carbocycles. The first-order valence-electron chi connectivity index (χ1n) is 9.09. The van der Waals surface area contributed by atoms with Gasteiger partial charge in [-0.05, 0) is 11.6 Å². The first kappa shape index (κ1) is 23.3. The van der Waals surface area contributed by atoms with E-state index in [0.717, 1.165) is 10.9 Å². The molecule has 3 heterocycles. The summed E-state index contributed by atoms with van der Waals surface area (Å²) in [6, 6.07) is 6.99. The van der Waals surface area contributed by atoms with Gasteiger partial charge in [0.2, 0.25) is 16.0 Å². The number of benzene rings is 1. The maximum atomic E-state index is 12.5. The molecule has 0 amide bonds. The molecule has 4 aromatic rings. The molecule has 32 heavy (non-hydrogen) atoms. The van der Waals surface area contributed by atoms with Gasteiger partial charge in [-0.15, -0.1) is 12.4 Å². The zero-order valence-corrected chi connectivity index (χ0v) is 18.3. The third-order valence-electron chi connectivity index (χ3n) is 4.22. The topological polar surface area (TPSA) is 120 Å². The van der Waals surface area contributed by atoms with Crippen LogP contribution in [0.4, 0.5) is 26.1 Å². The number of aromatic nitrogens is 6. The quantitative estimate of drug-likeness (QED) is 0.394. The molecule has 0 saturated heterocycles. The number of nitrogens with zero attached hydrogens (tertiary/aromatic N) is 6. The van der Waals surface area contributed by atoms with Crippen molar-refractivity contribution >= 4 is 50.8 Å². The lowest BCUT2D eigenvalue weighted by molar-refractivity contribution is 0.122. The van der Waals surface area contributed by atoms with E-state index in [1.165, 1.54) is 12.4 Å². The average molecular weight is 485 g/mol. The molecule has 0 aliphatic carbocycles. The summed E-state index contributed by atoms with van der Waals surface area (Å²) in [6.45, 7) is -0.236. The first-order chi connectivity index (χ1) is 14.8. The number of fused-ring (bicyclic) bond motifs is 1. The molecule has 10 nitrogen and oxygen atoms in total. The predicted molar refractivity (Wildman–Crippen MR) is 118 cm³/mol. The van der Waals surface area contributed by atoms with Gasteiger partial charge in [0.1, 0.15) is 6.54 Å². The van der Waals surface area contributed by atoms with Gasteiger partial charge in [0.05, 0.1) is 42.0 Å². The Kier molecular flexibility index (Phi) is 6.89. The van der Waals surface area contributed by atoms with E-state index in [4.69, 9.17) is 0 Å². The third kappa shape index (κ3) is 5.68. The van der Waals surface area contributed by atoms with Gasteiger partial charge in [-0.1, -0.05) is 18.2 Å². The molecule has 0 aliphatic rings. The highest BCUT2D eigenvalue weighted by Crippen LogP contribution is 2.21. The third-order valence-corrected chi connectivity index (χ3v) is 4.81. The average Bonchev–Trinajstić information content (AvgIpc) is 3.28. The van der Waals surface area contributed by atoms with Gasteiger partial charge in [0.25, 0.3) is 6.43 Å². The molecular weight excluding hydrogens is 466 g/mol. The van der Waals surface area contributed by atoms with Gasteiger partial charge in [0.15, 0.2) is 5.65 Å². The summed E-state index contributed by atoms with van der Waals surface area (Å²) in [4.78, 5) is 8.66. The maximum Gasteiger partial charge on any atom is 0.257 e. The van der Waals surface area contributed by atoms with E-state index in [1.807, 2.05) is 0 Å². The second-order valence-electron chi connectivity index (χ2n) is 6.77. The molecule has 2 N–H and O–H groups in total. The van der Waals surface area contributed by atoms with E-state index in [1.54, 1.807) is 41.3 Å². The molecular formula is C18H19ClF2N8O2S. The number of rotatable bonds is 8. The fourth-order valence-corrected chi connectivity index (χ4v) is 3.56. The zero-order chi connectivity index (χ0) is 22.0. The van der Waals surface area contributed by atoms with E-state index in [-0.39, 0.29) is 24.9 Å². The minimum Gasteiger partial charge on any atom is -0.321 e. The minimum absolute atomic E-state index is 0. The van der Waals surface area contributed by atoms with Crippen LogP contribution in [0, 0.1) is 0 Å². The molecule has 0 aliphatic heterocycles. The van der Waals surface area contributed by atoms with Gasteiger partial charge < -0.3 is 5.32 Å². The second kappa shape index (κ2) is 9.44. The Morgan fingerprint density at radius 2 is 1.91 bits per heavy atom. The Morgan fingerprint density at radius 1 is 1.12 bits per heavy atom. The van der Waals surface area contributed by atoms with Crippen molar-refractivity contribution in [1.29, 1.82) is 0 Å². The van der Waals surface area contributed by atoms with Crippen LogP contribution in [0.25, 0.3) is 11.0 Å². The molecule has 0 radical (unpaired) electrons. The monoisotopic (exact) mass is 484 g/mol. The van der Waals surface area contributed by atoms with Gasteiger partial charge in [-0.3, -0.25) is 9.40 Å². The van der Waals surface area contributed by atoms with Crippen molar-refractivity contribution in [2.45, 2.75) is 19.5 Å². The van der Waals surface area contributed by atoms with E-state index >= 15 is 0 Å². The number of halogens is 3. The molecule has 0 fully saturated rings. The number of para-hydroxylation sites is 1. The molecule has 4 rings (SSSR count). The van der Waals surface area contributed by atoms with Crippen molar-refractivity contribution in [2.24, 2.45) is 0 Å². The van der Waals surface area contributed by atoms with Gasteiger partial charge in [0, 0.05) is 12.4 Å². The first-order valence-corrected chi connectivity index (χ1v) is 11.0. The van der Waals surface area contributed by atoms with Crippen molar-refractivity contribution in [2.75, 3.05) is 16.3 Å². The Morgan fingerprint density at radius 3 is 2.66 bits per heavy atom. The Balaban J connectivity index is 0.00000289.